The van der Waals surface area contributed by atoms with Crippen LogP contribution in [0.25, 0.3) is 22.2 Å². The van der Waals surface area contributed by atoms with E-state index in [1.54, 1.807) is 12.5 Å². The standard InChI is InChI=1S/C19H22F3N5O/c20-19(21,22)13-7-14(12-9-25-26-10-12)18-16(8-13)24-11-27(18)6-2-3-15-17(28)4-1-5-23-15/h7-11,15,17,23,28H,1-6H2,(H,25,26)/t15-,17+/m1/s1. The molecule has 1 aliphatic rings. The monoisotopic (exact) mass is 393 g/mol. The number of nitrogens with zero attached hydrogens (tertiary/aromatic N) is 3. The fourth-order valence-electron chi connectivity index (χ4n) is 3.87. The van der Waals surface area contributed by atoms with Gasteiger partial charge >= 0.3 is 6.18 Å². The molecule has 3 heterocycles. The summed E-state index contributed by atoms with van der Waals surface area (Å²) in [5.74, 6) is 0. The molecule has 0 saturated carbocycles. The molecule has 3 N–H and O–H groups in total. The highest BCUT2D eigenvalue weighted by atomic mass is 19.4. The summed E-state index contributed by atoms with van der Waals surface area (Å²) in [7, 11) is 0. The van der Waals surface area contributed by atoms with Crippen LogP contribution in [0, 0.1) is 0 Å². The molecule has 2 atom stereocenters. The maximum absolute atomic E-state index is 13.3. The summed E-state index contributed by atoms with van der Waals surface area (Å²) < 4.78 is 41.8. The SMILES string of the molecule is O[C@H]1CCCN[C@@H]1CCCn1cnc2cc(C(F)(F)F)cc(-c3cn[nH]c3)c21. The highest BCUT2D eigenvalue weighted by Crippen LogP contribution is 2.36. The molecular weight excluding hydrogens is 371 g/mol. The van der Waals surface area contributed by atoms with Crippen LogP contribution in [0.5, 0.6) is 0 Å². The number of alkyl halides is 3. The summed E-state index contributed by atoms with van der Waals surface area (Å²) >= 11 is 0. The molecule has 0 aliphatic carbocycles. The first-order valence-electron chi connectivity index (χ1n) is 9.40. The van der Waals surface area contributed by atoms with Crippen molar-refractivity contribution in [1.29, 1.82) is 0 Å². The van der Waals surface area contributed by atoms with Crippen LogP contribution >= 0.6 is 0 Å². The summed E-state index contributed by atoms with van der Waals surface area (Å²) in [5.41, 5.74) is 1.28. The van der Waals surface area contributed by atoms with Crippen LogP contribution in [0.2, 0.25) is 0 Å². The highest BCUT2D eigenvalue weighted by molar-refractivity contribution is 5.92. The minimum absolute atomic E-state index is 0.0636. The number of nitrogens with one attached hydrogen (secondary N) is 2. The number of aliphatic hydroxyl groups excluding tert-OH is 1. The van der Waals surface area contributed by atoms with Gasteiger partial charge in [-0.1, -0.05) is 0 Å². The first-order chi connectivity index (χ1) is 13.4. The van der Waals surface area contributed by atoms with E-state index < -0.39 is 11.7 Å². The van der Waals surface area contributed by atoms with Crippen molar-refractivity contribution < 1.29 is 18.3 Å². The summed E-state index contributed by atoms with van der Waals surface area (Å²) in [4.78, 5) is 4.21. The quantitative estimate of drug-likeness (QED) is 0.621. The molecule has 0 bridgehead atoms. The van der Waals surface area contributed by atoms with Crippen molar-refractivity contribution >= 4 is 11.0 Å². The third kappa shape index (κ3) is 3.77. The second-order valence-corrected chi connectivity index (χ2v) is 7.23. The largest absolute Gasteiger partial charge is 0.416 e. The Hall–Kier alpha value is -2.39. The van der Waals surface area contributed by atoms with Crippen molar-refractivity contribution in [3.05, 3.63) is 36.4 Å². The van der Waals surface area contributed by atoms with E-state index in [1.165, 1.54) is 6.20 Å². The first kappa shape index (κ1) is 18.9. The fourth-order valence-corrected chi connectivity index (χ4v) is 3.87. The van der Waals surface area contributed by atoms with Crippen LogP contribution in [0.1, 0.15) is 31.2 Å². The van der Waals surface area contributed by atoms with E-state index in [1.807, 2.05) is 4.57 Å². The summed E-state index contributed by atoms with van der Waals surface area (Å²) in [6, 6.07) is 2.30. The van der Waals surface area contributed by atoms with E-state index in [9.17, 15) is 18.3 Å². The Morgan fingerprint density at radius 1 is 1.29 bits per heavy atom. The van der Waals surface area contributed by atoms with Crippen molar-refractivity contribution in [3.63, 3.8) is 0 Å². The molecule has 6 nitrogen and oxygen atoms in total. The summed E-state index contributed by atoms with van der Waals surface area (Å²) in [6.07, 6.45) is 3.23. The van der Waals surface area contributed by atoms with E-state index in [-0.39, 0.29) is 12.1 Å². The zero-order valence-corrected chi connectivity index (χ0v) is 15.2. The lowest BCUT2D eigenvalue weighted by Crippen LogP contribution is -2.44. The Bertz CT molecular complexity index is 935. The van der Waals surface area contributed by atoms with E-state index >= 15 is 0 Å². The van der Waals surface area contributed by atoms with Crippen LogP contribution < -0.4 is 5.32 Å². The number of H-pyrrole nitrogens is 1. The predicted molar refractivity (Wildman–Crippen MR) is 98.6 cm³/mol. The molecule has 150 valence electrons. The van der Waals surface area contributed by atoms with E-state index in [4.69, 9.17) is 0 Å². The summed E-state index contributed by atoms with van der Waals surface area (Å²) in [5, 5.41) is 19.9. The van der Waals surface area contributed by atoms with Gasteiger partial charge in [0.15, 0.2) is 0 Å². The van der Waals surface area contributed by atoms with Gasteiger partial charge in [-0.3, -0.25) is 5.10 Å². The third-order valence-electron chi connectivity index (χ3n) is 5.31. The average molecular weight is 393 g/mol. The Morgan fingerprint density at radius 3 is 2.86 bits per heavy atom. The Balaban J connectivity index is 1.62. The molecule has 0 amide bonds. The van der Waals surface area contributed by atoms with E-state index in [0.717, 1.165) is 44.4 Å². The van der Waals surface area contributed by atoms with Gasteiger partial charge in [-0.2, -0.15) is 18.3 Å². The number of rotatable bonds is 5. The van der Waals surface area contributed by atoms with Gasteiger partial charge in [0.1, 0.15) is 0 Å². The molecule has 1 fully saturated rings. The zero-order chi connectivity index (χ0) is 19.7. The van der Waals surface area contributed by atoms with Gasteiger partial charge in [0.2, 0.25) is 0 Å². The third-order valence-corrected chi connectivity index (χ3v) is 5.31. The molecule has 9 heteroatoms. The maximum Gasteiger partial charge on any atom is 0.416 e. The number of aliphatic hydroxyl groups is 1. The number of aromatic nitrogens is 4. The lowest BCUT2D eigenvalue weighted by molar-refractivity contribution is -0.137. The average Bonchev–Trinajstić information content (AvgIpc) is 3.32. The van der Waals surface area contributed by atoms with Crippen LogP contribution in [-0.2, 0) is 12.7 Å². The van der Waals surface area contributed by atoms with Crippen molar-refractivity contribution in [1.82, 2.24) is 25.1 Å². The number of benzene rings is 1. The van der Waals surface area contributed by atoms with Gasteiger partial charge in [0.25, 0.3) is 0 Å². The smallest absolute Gasteiger partial charge is 0.392 e. The van der Waals surface area contributed by atoms with Crippen molar-refractivity contribution in [2.24, 2.45) is 0 Å². The van der Waals surface area contributed by atoms with Crippen LogP contribution in [0.4, 0.5) is 13.2 Å². The van der Waals surface area contributed by atoms with Gasteiger partial charge in [-0.25, -0.2) is 4.98 Å². The molecule has 28 heavy (non-hydrogen) atoms. The number of aryl methyl sites for hydroxylation is 1. The molecule has 0 spiro atoms. The minimum atomic E-state index is -4.45. The molecule has 1 aromatic carbocycles. The highest BCUT2D eigenvalue weighted by Gasteiger charge is 2.32. The normalized spacial score (nSPS) is 20.7. The fraction of sp³-hybridized carbons (Fsp3) is 0.474. The van der Waals surface area contributed by atoms with Gasteiger partial charge in [0.05, 0.1) is 35.2 Å². The van der Waals surface area contributed by atoms with Crippen molar-refractivity contribution in [3.8, 4) is 11.1 Å². The number of aromatic amines is 1. The van der Waals surface area contributed by atoms with Crippen molar-refractivity contribution in [2.75, 3.05) is 6.54 Å². The van der Waals surface area contributed by atoms with Gasteiger partial charge in [-0.05, 0) is 44.4 Å². The number of halogens is 3. The Morgan fingerprint density at radius 2 is 2.14 bits per heavy atom. The Labute approximate surface area is 159 Å². The second-order valence-electron chi connectivity index (χ2n) is 7.23. The first-order valence-corrected chi connectivity index (χ1v) is 9.40. The lowest BCUT2D eigenvalue weighted by Gasteiger charge is -2.29. The molecular formula is C19H22F3N5O. The Kier molecular flexibility index (Phi) is 5.11. The van der Waals surface area contributed by atoms with Gasteiger partial charge in [-0.15, -0.1) is 0 Å². The molecule has 3 aromatic rings. The van der Waals surface area contributed by atoms with Gasteiger partial charge in [0, 0.05) is 29.9 Å². The molecule has 1 saturated heterocycles. The molecule has 4 rings (SSSR count). The zero-order valence-electron chi connectivity index (χ0n) is 15.2. The second kappa shape index (κ2) is 7.56. The minimum Gasteiger partial charge on any atom is -0.392 e. The van der Waals surface area contributed by atoms with Crippen LogP contribution in [0.15, 0.2) is 30.9 Å². The number of hydrogen-bond acceptors (Lipinski definition) is 4. The maximum atomic E-state index is 13.3. The lowest BCUT2D eigenvalue weighted by atomic mass is 9.97. The van der Waals surface area contributed by atoms with E-state index in [2.05, 4.69) is 20.5 Å². The molecule has 1 aliphatic heterocycles. The predicted octanol–water partition coefficient (Wildman–Crippen LogP) is 3.34. The number of imidazole rings is 1. The van der Waals surface area contributed by atoms with Crippen LogP contribution in [0.3, 0.4) is 0 Å². The summed E-state index contributed by atoms with van der Waals surface area (Å²) in [6.45, 7) is 1.51. The van der Waals surface area contributed by atoms with Crippen LogP contribution in [-0.4, -0.2) is 43.5 Å². The topological polar surface area (TPSA) is 78.8 Å². The molecule has 2 aromatic heterocycles. The number of fused-ring (bicyclic) bond motifs is 1. The van der Waals surface area contributed by atoms with E-state index in [0.29, 0.717) is 28.7 Å². The number of hydrogen-bond donors (Lipinski definition) is 3. The number of piperidine rings is 1. The molecule has 0 radical (unpaired) electrons. The van der Waals surface area contributed by atoms with Gasteiger partial charge < -0.3 is 15.0 Å². The van der Waals surface area contributed by atoms with Crippen molar-refractivity contribution in [2.45, 2.75) is 50.6 Å². The molecule has 0 unspecified atom stereocenters.